The molecule has 10 heteroatoms. The molecule has 3 aromatic heterocycles. The average Bonchev–Trinajstić information content (AvgIpc) is 3.38. The monoisotopic (exact) mass is 360 g/mol. The summed E-state index contributed by atoms with van der Waals surface area (Å²) in [4.78, 5) is 26.4. The van der Waals surface area contributed by atoms with Crippen LogP contribution in [0.4, 0.5) is 0 Å². The van der Waals surface area contributed by atoms with Crippen LogP contribution >= 0.6 is 11.8 Å². The van der Waals surface area contributed by atoms with Crippen molar-refractivity contribution in [2.24, 2.45) is 0 Å². The summed E-state index contributed by atoms with van der Waals surface area (Å²) in [6, 6.07) is 6.88. The molecular weight excluding hydrogens is 344 g/mol. The van der Waals surface area contributed by atoms with Crippen molar-refractivity contribution in [2.45, 2.75) is 18.6 Å². The first-order chi connectivity index (χ1) is 12.2. The SMILES string of the molecule is CCn1c(SCC(=O)NNC(=O)c2ccc[nH]2)nnc1-c1ccco1. The zero-order valence-corrected chi connectivity index (χ0v) is 14.2. The lowest BCUT2D eigenvalue weighted by Crippen LogP contribution is -2.42. The number of aromatic amines is 1. The molecule has 0 saturated carbocycles. The van der Waals surface area contributed by atoms with Crippen molar-refractivity contribution in [2.75, 3.05) is 5.75 Å². The molecule has 0 unspecified atom stereocenters. The summed E-state index contributed by atoms with van der Waals surface area (Å²) in [5.74, 6) is 0.538. The van der Waals surface area contributed by atoms with Gasteiger partial charge in [0.1, 0.15) is 5.69 Å². The largest absolute Gasteiger partial charge is 0.461 e. The Morgan fingerprint density at radius 1 is 1.28 bits per heavy atom. The molecule has 0 atom stereocenters. The van der Waals surface area contributed by atoms with Crippen molar-refractivity contribution in [3.63, 3.8) is 0 Å². The number of rotatable bonds is 6. The Morgan fingerprint density at radius 3 is 2.84 bits per heavy atom. The summed E-state index contributed by atoms with van der Waals surface area (Å²) < 4.78 is 7.19. The van der Waals surface area contributed by atoms with Crippen LogP contribution in [0.2, 0.25) is 0 Å². The van der Waals surface area contributed by atoms with Gasteiger partial charge in [0, 0.05) is 12.7 Å². The number of amides is 2. The van der Waals surface area contributed by atoms with Gasteiger partial charge in [-0.3, -0.25) is 25.0 Å². The number of hydrogen-bond donors (Lipinski definition) is 3. The van der Waals surface area contributed by atoms with Crippen molar-refractivity contribution < 1.29 is 14.0 Å². The predicted octanol–water partition coefficient (Wildman–Crippen LogP) is 1.44. The maximum Gasteiger partial charge on any atom is 0.286 e. The molecule has 0 saturated heterocycles. The van der Waals surface area contributed by atoms with E-state index in [1.54, 1.807) is 36.7 Å². The van der Waals surface area contributed by atoms with E-state index in [1.807, 2.05) is 11.5 Å². The zero-order chi connectivity index (χ0) is 17.6. The number of H-pyrrole nitrogens is 1. The van der Waals surface area contributed by atoms with Gasteiger partial charge in [-0.15, -0.1) is 10.2 Å². The fraction of sp³-hybridized carbons (Fsp3) is 0.200. The molecule has 0 fully saturated rings. The Morgan fingerprint density at radius 2 is 2.16 bits per heavy atom. The number of thioether (sulfide) groups is 1. The van der Waals surface area contributed by atoms with E-state index < -0.39 is 5.91 Å². The van der Waals surface area contributed by atoms with Crippen LogP contribution in [0.15, 0.2) is 46.3 Å². The number of hydrogen-bond acceptors (Lipinski definition) is 6. The van der Waals surface area contributed by atoms with Gasteiger partial charge in [-0.05, 0) is 31.2 Å². The van der Waals surface area contributed by atoms with Crippen LogP contribution in [-0.4, -0.2) is 37.3 Å². The van der Waals surface area contributed by atoms with Crippen LogP contribution in [0.5, 0.6) is 0 Å². The van der Waals surface area contributed by atoms with Crippen molar-refractivity contribution in [3.05, 3.63) is 42.4 Å². The van der Waals surface area contributed by atoms with Gasteiger partial charge in [-0.2, -0.15) is 0 Å². The van der Waals surface area contributed by atoms with Gasteiger partial charge < -0.3 is 9.40 Å². The average molecular weight is 360 g/mol. The second-order valence-corrected chi connectivity index (χ2v) is 5.85. The number of carbonyl (C=O) groups is 2. The summed E-state index contributed by atoms with van der Waals surface area (Å²) in [7, 11) is 0. The minimum absolute atomic E-state index is 0.0846. The predicted molar refractivity (Wildman–Crippen MR) is 90.5 cm³/mol. The maximum absolute atomic E-state index is 11.9. The highest BCUT2D eigenvalue weighted by Gasteiger charge is 2.16. The molecule has 0 bridgehead atoms. The molecule has 25 heavy (non-hydrogen) atoms. The maximum atomic E-state index is 11.9. The molecule has 0 aliphatic rings. The van der Waals surface area contributed by atoms with Gasteiger partial charge in [0.15, 0.2) is 16.7 Å². The molecule has 130 valence electrons. The van der Waals surface area contributed by atoms with Crippen LogP contribution < -0.4 is 10.9 Å². The van der Waals surface area contributed by atoms with Crippen LogP contribution in [0, 0.1) is 0 Å². The van der Waals surface area contributed by atoms with E-state index in [4.69, 9.17) is 4.42 Å². The number of furan rings is 1. The third kappa shape index (κ3) is 3.91. The summed E-state index contributed by atoms with van der Waals surface area (Å²) in [6.45, 7) is 2.59. The molecule has 3 heterocycles. The van der Waals surface area contributed by atoms with Gasteiger partial charge in [-0.25, -0.2) is 0 Å². The minimum Gasteiger partial charge on any atom is -0.461 e. The summed E-state index contributed by atoms with van der Waals surface area (Å²) in [5.41, 5.74) is 5.06. The second kappa shape index (κ2) is 7.71. The highest BCUT2D eigenvalue weighted by molar-refractivity contribution is 7.99. The van der Waals surface area contributed by atoms with Crippen molar-refractivity contribution >= 4 is 23.6 Å². The van der Waals surface area contributed by atoms with E-state index in [9.17, 15) is 9.59 Å². The molecule has 0 radical (unpaired) electrons. The lowest BCUT2D eigenvalue weighted by molar-refractivity contribution is -0.119. The normalized spacial score (nSPS) is 10.6. The molecule has 3 rings (SSSR count). The van der Waals surface area contributed by atoms with Crippen LogP contribution in [0.25, 0.3) is 11.6 Å². The molecular formula is C15H16N6O3S. The Balaban J connectivity index is 1.55. The second-order valence-electron chi connectivity index (χ2n) is 4.90. The third-order valence-electron chi connectivity index (χ3n) is 3.27. The first-order valence-electron chi connectivity index (χ1n) is 7.51. The fourth-order valence-electron chi connectivity index (χ4n) is 2.10. The quantitative estimate of drug-likeness (QED) is 0.452. The summed E-state index contributed by atoms with van der Waals surface area (Å²) in [6.07, 6.45) is 3.19. The van der Waals surface area contributed by atoms with Crippen LogP contribution in [0.3, 0.4) is 0 Å². The number of nitrogens with one attached hydrogen (secondary N) is 3. The summed E-state index contributed by atoms with van der Waals surface area (Å²) >= 11 is 1.22. The van der Waals surface area contributed by atoms with Crippen LogP contribution in [-0.2, 0) is 11.3 Å². The smallest absolute Gasteiger partial charge is 0.286 e. The molecule has 0 aliphatic carbocycles. The fourth-order valence-corrected chi connectivity index (χ4v) is 2.90. The van der Waals surface area contributed by atoms with Gasteiger partial charge >= 0.3 is 0 Å². The molecule has 0 aliphatic heterocycles. The Labute approximate surface area is 147 Å². The van der Waals surface area contributed by atoms with E-state index >= 15 is 0 Å². The lowest BCUT2D eigenvalue weighted by Gasteiger charge is -2.07. The van der Waals surface area contributed by atoms with Gasteiger partial charge in [0.25, 0.3) is 5.91 Å². The summed E-state index contributed by atoms with van der Waals surface area (Å²) in [5, 5.41) is 8.80. The van der Waals surface area contributed by atoms with E-state index in [2.05, 4.69) is 26.0 Å². The van der Waals surface area contributed by atoms with E-state index in [0.717, 1.165) is 0 Å². The van der Waals surface area contributed by atoms with E-state index in [-0.39, 0.29) is 11.7 Å². The van der Waals surface area contributed by atoms with Gasteiger partial charge in [0.2, 0.25) is 5.91 Å². The first kappa shape index (κ1) is 16.8. The third-order valence-corrected chi connectivity index (χ3v) is 4.23. The van der Waals surface area contributed by atoms with Gasteiger partial charge in [-0.1, -0.05) is 11.8 Å². The number of nitrogens with zero attached hydrogens (tertiary/aromatic N) is 3. The molecule has 3 aromatic rings. The molecule has 3 N–H and O–H groups in total. The van der Waals surface area contributed by atoms with Crippen LogP contribution in [0.1, 0.15) is 17.4 Å². The molecule has 0 spiro atoms. The Bertz CT molecular complexity index is 841. The standard InChI is InChI=1S/C15H16N6O3S/c1-2-21-13(11-6-4-8-24-11)18-20-15(21)25-9-12(22)17-19-14(23)10-5-3-7-16-10/h3-8,16H,2,9H2,1H3,(H,17,22)(H,19,23). The zero-order valence-electron chi connectivity index (χ0n) is 13.4. The Hall–Kier alpha value is -3.01. The van der Waals surface area contributed by atoms with E-state index in [1.165, 1.54) is 11.8 Å². The topological polar surface area (TPSA) is 118 Å². The van der Waals surface area contributed by atoms with Gasteiger partial charge in [0.05, 0.1) is 12.0 Å². The minimum atomic E-state index is -0.416. The Kier molecular flexibility index (Phi) is 5.19. The van der Waals surface area contributed by atoms with E-state index in [0.29, 0.717) is 29.0 Å². The number of hydrazine groups is 1. The molecule has 9 nitrogen and oxygen atoms in total. The van der Waals surface area contributed by atoms with Crippen molar-refractivity contribution in [1.82, 2.24) is 30.6 Å². The number of aromatic nitrogens is 4. The highest BCUT2D eigenvalue weighted by Crippen LogP contribution is 2.23. The van der Waals surface area contributed by atoms with Crippen molar-refractivity contribution in [1.29, 1.82) is 0 Å². The molecule has 2 amide bonds. The first-order valence-corrected chi connectivity index (χ1v) is 8.50. The highest BCUT2D eigenvalue weighted by atomic mass is 32.2. The lowest BCUT2D eigenvalue weighted by atomic mass is 10.4. The number of carbonyl (C=O) groups excluding carboxylic acids is 2. The van der Waals surface area contributed by atoms with Crippen molar-refractivity contribution in [3.8, 4) is 11.6 Å². The molecule has 0 aromatic carbocycles.